The van der Waals surface area contributed by atoms with E-state index in [0.29, 0.717) is 10.6 Å². The summed E-state index contributed by atoms with van der Waals surface area (Å²) in [4.78, 5) is 38.9. The van der Waals surface area contributed by atoms with Crippen LogP contribution >= 0.6 is 11.8 Å². The average Bonchev–Trinajstić information content (AvgIpc) is 2.88. The summed E-state index contributed by atoms with van der Waals surface area (Å²) in [7, 11) is 0. The van der Waals surface area contributed by atoms with Crippen molar-refractivity contribution >= 4 is 35.3 Å². The Morgan fingerprint density at radius 3 is 2.50 bits per heavy atom. The second kappa shape index (κ2) is 7.59. The van der Waals surface area contributed by atoms with Crippen LogP contribution in [0.15, 0.2) is 47.4 Å². The molecule has 28 heavy (non-hydrogen) atoms. The van der Waals surface area contributed by atoms with Gasteiger partial charge in [-0.25, -0.2) is 13.6 Å². The molecule has 0 spiro atoms. The number of amides is 4. The van der Waals surface area contributed by atoms with E-state index < -0.39 is 41.6 Å². The van der Waals surface area contributed by atoms with Gasteiger partial charge in [-0.1, -0.05) is 0 Å². The summed E-state index contributed by atoms with van der Waals surface area (Å²) in [5, 5.41) is 4.94. The summed E-state index contributed by atoms with van der Waals surface area (Å²) in [6.45, 7) is 0.714. The number of anilines is 1. The van der Waals surface area contributed by atoms with E-state index in [4.69, 9.17) is 0 Å². The van der Waals surface area contributed by atoms with Crippen LogP contribution in [0.2, 0.25) is 0 Å². The highest BCUT2D eigenvalue weighted by atomic mass is 32.2. The third-order valence-electron chi connectivity index (χ3n) is 4.42. The Balaban J connectivity index is 1.76. The summed E-state index contributed by atoms with van der Waals surface area (Å²) < 4.78 is 27.7. The topological polar surface area (TPSA) is 78.5 Å². The average molecular weight is 405 g/mol. The van der Waals surface area contributed by atoms with Crippen LogP contribution in [-0.2, 0) is 15.1 Å². The number of nitrogens with one attached hydrogen (secondary N) is 2. The molecular formula is C19H17F2N3O3S. The van der Waals surface area contributed by atoms with Crippen molar-refractivity contribution in [1.29, 1.82) is 0 Å². The molecule has 0 aromatic heterocycles. The number of carbonyl (C=O) groups is 3. The van der Waals surface area contributed by atoms with Crippen LogP contribution in [0.3, 0.4) is 0 Å². The quantitative estimate of drug-likeness (QED) is 0.592. The highest BCUT2D eigenvalue weighted by molar-refractivity contribution is 7.98. The number of hydrogen-bond donors (Lipinski definition) is 2. The Kier molecular flexibility index (Phi) is 5.37. The monoisotopic (exact) mass is 405 g/mol. The zero-order chi connectivity index (χ0) is 20.5. The lowest BCUT2D eigenvalue weighted by atomic mass is 9.91. The van der Waals surface area contributed by atoms with Crippen molar-refractivity contribution < 1.29 is 23.2 Å². The molecule has 4 amide bonds. The van der Waals surface area contributed by atoms with E-state index in [-0.39, 0.29) is 5.56 Å². The standard InChI is InChI=1S/C19H17F2N3O3S/c1-19(14-9-11(20)3-8-15(14)21)17(26)24(18(27)23-19)10-16(25)22-12-4-6-13(28-2)7-5-12/h3-9H,10H2,1-2H3,(H,22,25)(H,23,27). The van der Waals surface area contributed by atoms with Crippen LogP contribution in [-0.4, -0.2) is 35.5 Å². The normalized spacial score (nSPS) is 18.9. The molecule has 1 heterocycles. The molecule has 0 saturated carbocycles. The third kappa shape index (κ3) is 3.70. The van der Waals surface area contributed by atoms with Crippen LogP contribution in [0.5, 0.6) is 0 Å². The molecule has 2 aromatic rings. The Morgan fingerprint density at radius 1 is 1.18 bits per heavy atom. The summed E-state index contributed by atoms with van der Waals surface area (Å²) >= 11 is 1.55. The zero-order valence-corrected chi connectivity index (χ0v) is 15.9. The first kappa shape index (κ1) is 19.8. The first-order valence-electron chi connectivity index (χ1n) is 8.28. The highest BCUT2D eigenvalue weighted by Gasteiger charge is 2.50. The van der Waals surface area contributed by atoms with Crippen molar-refractivity contribution in [2.24, 2.45) is 0 Å². The van der Waals surface area contributed by atoms with Crippen LogP contribution < -0.4 is 10.6 Å². The molecule has 0 radical (unpaired) electrons. The minimum absolute atomic E-state index is 0.304. The second-order valence-electron chi connectivity index (χ2n) is 6.35. The molecule has 146 valence electrons. The van der Waals surface area contributed by atoms with Crippen LogP contribution in [0.1, 0.15) is 12.5 Å². The predicted octanol–water partition coefficient (Wildman–Crippen LogP) is 3.09. The van der Waals surface area contributed by atoms with Gasteiger partial charge in [0.15, 0.2) is 0 Å². The lowest BCUT2D eigenvalue weighted by Gasteiger charge is -2.22. The Morgan fingerprint density at radius 2 is 1.86 bits per heavy atom. The molecule has 2 aromatic carbocycles. The van der Waals surface area contributed by atoms with Gasteiger partial charge in [0.05, 0.1) is 0 Å². The van der Waals surface area contributed by atoms with E-state index in [0.717, 1.165) is 23.1 Å². The van der Waals surface area contributed by atoms with Gasteiger partial charge in [-0.3, -0.25) is 14.5 Å². The van der Waals surface area contributed by atoms with E-state index in [1.54, 1.807) is 23.9 Å². The number of carbonyl (C=O) groups excluding carboxylic acids is 3. The summed E-state index contributed by atoms with van der Waals surface area (Å²) in [5.41, 5.74) is -1.60. The molecule has 0 bridgehead atoms. The van der Waals surface area contributed by atoms with Gasteiger partial charge >= 0.3 is 6.03 Å². The van der Waals surface area contributed by atoms with Crippen molar-refractivity contribution in [3.05, 3.63) is 59.7 Å². The van der Waals surface area contributed by atoms with E-state index in [1.807, 2.05) is 18.4 Å². The molecule has 6 nitrogen and oxygen atoms in total. The van der Waals surface area contributed by atoms with Gasteiger partial charge in [-0.2, -0.15) is 0 Å². The maximum atomic E-state index is 14.1. The molecular weight excluding hydrogens is 388 g/mol. The van der Waals surface area contributed by atoms with E-state index in [2.05, 4.69) is 10.6 Å². The van der Waals surface area contributed by atoms with Gasteiger partial charge < -0.3 is 10.6 Å². The fourth-order valence-electron chi connectivity index (χ4n) is 2.92. The first-order valence-corrected chi connectivity index (χ1v) is 9.50. The van der Waals surface area contributed by atoms with Gasteiger partial charge in [-0.05, 0) is 55.6 Å². The number of rotatable bonds is 5. The van der Waals surface area contributed by atoms with Crippen molar-refractivity contribution in [1.82, 2.24) is 10.2 Å². The number of thioether (sulfide) groups is 1. The van der Waals surface area contributed by atoms with Crippen molar-refractivity contribution in [3.8, 4) is 0 Å². The highest BCUT2D eigenvalue weighted by Crippen LogP contribution is 2.31. The maximum Gasteiger partial charge on any atom is 0.325 e. The molecule has 1 aliphatic rings. The molecule has 1 aliphatic heterocycles. The SMILES string of the molecule is CSc1ccc(NC(=O)CN2C(=O)NC(C)(c3cc(F)ccc3F)C2=O)cc1. The maximum absolute atomic E-state index is 14.1. The molecule has 2 N–H and O–H groups in total. The molecule has 1 unspecified atom stereocenters. The molecule has 0 aliphatic carbocycles. The number of hydrogen-bond acceptors (Lipinski definition) is 4. The van der Waals surface area contributed by atoms with Crippen LogP contribution in [0.4, 0.5) is 19.3 Å². The summed E-state index contributed by atoms with van der Waals surface area (Å²) in [6.07, 6.45) is 1.92. The summed E-state index contributed by atoms with van der Waals surface area (Å²) in [6, 6.07) is 8.81. The van der Waals surface area contributed by atoms with Crippen LogP contribution in [0, 0.1) is 11.6 Å². The van der Waals surface area contributed by atoms with Crippen molar-refractivity contribution in [2.75, 3.05) is 18.1 Å². The zero-order valence-electron chi connectivity index (χ0n) is 15.1. The largest absolute Gasteiger partial charge is 0.325 e. The number of nitrogens with zero attached hydrogens (tertiary/aromatic N) is 1. The number of benzene rings is 2. The third-order valence-corrected chi connectivity index (χ3v) is 5.16. The van der Waals surface area contributed by atoms with Gasteiger partial charge in [0, 0.05) is 16.1 Å². The van der Waals surface area contributed by atoms with Gasteiger partial charge in [-0.15, -0.1) is 11.8 Å². The lowest BCUT2D eigenvalue weighted by molar-refractivity contribution is -0.133. The minimum Gasteiger partial charge on any atom is -0.325 e. The minimum atomic E-state index is -1.80. The van der Waals surface area contributed by atoms with Crippen molar-refractivity contribution in [2.45, 2.75) is 17.4 Å². The molecule has 1 fully saturated rings. The number of urea groups is 1. The van der Waals surface area contributed by atoms with Gasteiger partial charge in [0.2, 0.25) is 5.91 Å². The van der Waals surface area contributed by atoms with Gasteiger partial charge in [0.1, 0.15) is 23.7 Å². The fourth-order valence-corrected chi connectivity index (χ4v) is 3.33. The number of imide groups is 1. The van der Waals surface area contributed by atoms with E-state index >= 15 is 0 Å². The predicted molar refractivity (Wildman–Crippen MR) is 101 cm³/mol. The second-order valence-corrected chi connectivity index (χ2v) is 7.23. The van der Waals surface area contributed by atoms with E-state index in [1.165, 1.54) is 6.92 Å². The molecule has 3 rings (SSSR count). The molecule has 9 heteroatoms. The Hall–Kier alpha value is -2.94. The molecule has 1 atom stereocenters. The van der Waals surface area contributed by atoms with E-state index in [9.17, 15) is 23.2 Å². The van der Waals surface area contributed by atoms with Gasteiger partial charge in [0.25, 0.3) is 5.91 Å². The Labute approximate surface area is 164 Å². The molecule has 1 saturated heterocycles. The summed E-state index contributed by atoms with van der Waals surface area (Å²) in [5.74, 6) is -3.01. The smallest absolute Gasteiger partial charge is 0.325 e. The Bertz CT molecular complexity index is 952. The fraction of sp³-hybridized carbons (Fsp3) is 0.211. The number of halogens is 2. The van der Waals surface area contributed by atoms with Crippen LogP contribution in [0.25, 0.3) is 0 Å². The van der Waals surface area contributed by atoms with Crippen molar-refractivity contribution in [3.63, 3.8) is 0 Å². The first-order chi connectivity index (χ1) is 13.2. The lowest BCUT2D eigenvalue weighted by Crippen LogP contribution is -2.42.